The van der Waals surface area contributed by atoms with Gasteiger partial charge in [0.25, 0.3) is 5.91 Å². The highest BCUT2D eigenvalue weighted by atomic mass is 19.1. The van der Waals surface area contributed by atoms with Gasteiger partial charge in [0.1, 0.15) is 11.5 Å². The summed E-state index contributed by atoms with van der Waals surface area (Å²) >= 11 is 0. The van der Waals surface area contributed by atoms with Gasteiger partial charge in [0.2, 0.25) is 5.76 Å². The van der Waals surface area contributed by atoms with Gasteiger partial charge >= 0.3 is 0 Å². The Morgan fingerprint density at radius 2 is 1.96 bits per heavy atom. The van der Waals surface area contributed by atoms with Crippen LogP contribution in [0.3, 0.4) is 0 Å². The number of aromatic nitrogens is 1. The monoisotopic (exact) mass is 350 g/mol. The molecule has 4 nitrogen and oxygen atoms in total. The van der Waals surface area contributed by atoms with E-state index in [1.54, 1.807) is 18.2 Å². The molecule has 4 rings (SSSR count). The Balaban J connectivity index is 1.62. The summed E-state index contributed by atoms with van der Waals surface area (Å²) in [5.74, 6) is -0.451. The summed E-state index contributed by atoms with van der Waals surface area (Å²) in [6, 6.07) is 16.0. The highest BCUT2D eigenvalue weighted by molar-refractivity contribution is 5.93. The molecule has 1 aliphatic heterocycles. The molecule has 1 aromatic heterocycles. The molecule has 2 heterocycles. The molecule has 0 aliphatic carbocycles. The van der Waals surface area contributed by atoms with Crippen molar-refractivity contribution in [1.29, 1.82) is 0 Å². The van der Waals surface area contributed by atoms with Crippen molar-refractivity contribution in [3.8, 4) is 11.3 Å². The van der Waals surface area contributed by atoms with Crippen LogP contribution in [0.5, 0.6) is 0 Å². The van der Waals surface area contributed by atoms with E-state index in [2.05, 4.69) is 24.2 Å². The number of carbonyl (C=O) groups is 1. The van der Waals surface area contributed by atoms with E-state index in [9.17, 15) is 9.18 Å². The number of halogens is 1. The van der Waals surface area contributed by atoms with Crippen LogP contribution < -0.4 is 0 Å². The number of rotatable bonds is 3. The number of aryl methyl sites for hydroxylation is 1. The summed E-state index contributed by atoms with van der Waals surface area (Å²) in [7, 11) is 0. The molecular weight excluding hydrogens is 331 g/mol. The molecule has 1 fully saturated rings. The van der Waals surface area contributed by atoms with E-state index < -0.39 is 5.82 Å². The van der Waals surface area contributed by atoms with Crippen molar-refractivity contribution in [2.24, 2.45) is 0 Å². The van der Waals surface area contributed by atoms with Crippen LogP contribution in [-0.4, -0.2) is 22.5 Å². The minimum absolute atomic E-state index is 0.0331. The van der Waals surface area contributed by atoms with Gasteiger partial charge in [-0.3, -0.25) is 4.79 Å². The maximum Gasteiger partial charge on any atom is 0.292 e. The minimum atomic E-state index is -0.390. The Bertz CT molecular complexity index is 950. The van der Waals surface area contributed by atoms with E-state index in [1.165, 1.54) is 17.7 Å². The first-order valence-corrected chi connectivity index (χ1v) is 8.73. The number of likely N-dealkylation sites (tertiary alicyclic amines) is 1. The van der Waals surface area contributed by atoms with Gasteiger partial charge in [-0.25, -0.2) is 4.39 Å². The van der Waals surface area contributed by atoms with Gasteiger partial charge in [0, 0.05) is 18.2 Å². The van der Waals surface area contributed by atoms with Crippen molar-refractivity contribution in [2.45, 2.75) is 25.8 Å². The van der Waals surface area contributed by atoms with Gasteiger partial charge in [-0.1, -0.05) is 41.6 Å². The lowest BCUT2D eigenvalue weighted by Gasteiger charge is -2.25. The van der Waals surface area contributed by atoms with Crippen LogP contribution in [0.4, 0.5) is 4.39 Å². The molecule has 26 heavy (non-hydrogen) atoms. The van der Waals surface area contributed by atoms with Crippen LogP contribution in [-0.2, 0) is 0 Å². The van der Waals surface area contributed by atoms with Crippen molar-refractivity contribution in [3.63, 3.8) is 0 Å². The van der Waals surface area contributed by atoms with E-state index in [1.807, 2.05) is 17.0 Å². The minimum Gasteiger partial charge on any atom is -0.350 e. The standard InChI is InChI=1S/C21H19FN2O2/c1-14-7-2-3-8-15(14)19-11-6-12-24(19)21(25)20-13-18(23-26-20)16-9-4-5-10-17(16)22/h2-5,7-10,13,19H,6,11-12H2,1H3. The highest BCUT2D eigenvalue weighted by Crippen LogP contribution is 2.35. The molecule has 5 heteroatoms. The Morgan fingerprint density at radius 3 is 2.77 bits per heavy atom. The van der Waals surface area contributed by atoms with Crippen LogP contribution in [0, 0.1) is 12.7 Å². The first-order chi connectivity index (χ1) is 12.6. The fourth-order valence-corrected chi connectivity index (χ4v) is 3.61. The third kappa shape index (κ3) is 2.90. The van der Waals surface area contributed by atoms with E-state index >= 15 is 0 Å². The lowest BCUT2D eigenvalue weighted by atomic mass is 9.99. The maximum absolute atomic E-state index is 13.9. The average molecular weight is 350 g/mol. The van der Waals surface area contributed by atoms with Crippen LogP contribution >= 0.6 is 0 Å². The summed E-state index contributed by atoms with van der Waals surface area (Å²) in [5, 5.41) is 3.89. The second-order valence-corrected chi connectivity index (χ2v) is 6.57. The smallest absolute Gasteiger partial charge is 0.292 e. The molecule has 0 spiro atoms. The zero-order valence-corrected chi connectivity index (χ0v) is 14.5. The van der Waals surface area contributed by atoms with Crippen molar-refractivity contribution in [2.75, 3.05) is 6.54 Å². The quantitative estimate of drug-likeness (QED) is 0.684. The van der Waals surface area contributed by atoms with Crippen molar-refractivity contribution >= 4 is 5.91 Å². The van der Waals surface area contributed by atoms with Gasteiger partial charge < -0.3 is 9.42 Å². The van der Waals surface area contributed by atoms with Gasteiger partial charge in [-0.05, 0) is 43.0 Å². The fourth-order valence-electron chi connectivity index (χ4n) is 3.61. The van der Waals surface area contributed by atoms with E-state index in [0.717, 1.165) is 18.4 Å². The van der Waals surface area contributed by atoms with Gasteiger partial charge in [0.15, 0.2) is 0 Å². The molecule has 2 aromatic carbocycles. The summed E-state index contributed by atoms with van der Waals surface area (Å²) in [5.41, 5.74) is 2.99. The van der Waals surface area contributed by atoms with Crippen LogP contribution in [0.25, 0.3) is 11.3 Å². The predicted molar refractivity (Wildman–Crippen MR) is 96.1 cm³/mol. The topological polar surface area (TPSA) is 46.3 Å². The molecule has 132 valence electrons. The summed E-state index contributed by atoms with van der Waals surface area (Å²) in [6.45, 7) is 2.73. The zero-order chi connectivity index (χ0) is 18.1. The predicted octanol–water partition coefficient (Wildman–Crippen LogP) is 4.77. The number of carbonyl (C=O) groups excluding carboxylic acids is 1. The number of nitrogens with zero attached hydrogens (tertiary/aromatic N) is 2. The molecule has 1 atom stereocenters. The third-order valence-corrected chi connectivity index (χ3v) is 4.93. The summed E-state index contributed by atoms with van der Waals surface area (Å²) < 4.78 is 19.2. The van der Waals surface area contributed by atoms with Crippen molar-refractivity contribution in [1.82, 2.24) is 10.1 Å². The fraction of sp³-hybridized carbons (Fsp3) is 0.238. The number of hydrogen-bond acceptors (Lipinski definition) is 3. The molecule has 0 N–H and O–H groups in total. The van der Waals surface area contributed by atoms with Gasteiger partial charge in [-0.15, -0.1) is 0 Å². The second-order valence-electron chi connectivity index (χ2n) is 6.57. The Kier molecular flexibility index (Phi) is 4.29. The molecule has 1 amide bonds. The molecule has 1 unspecified atom stereocenters. The molecular formula is C21H19FN2O2. The Hall–Kier alpha value is -2.95. The molecule has 0 bridgehead atoms. The summed E-state index contributed by atoms with van der Waals surface area (Å²) in [6.07, 6.45) is 1.87. The van der Waals surface area contributed by atoms with Crippen LogP contribution in [0.1, 0.15) is 40.6 Å². The van der Waals surface area contributed by atoms with Crippen LogP contribution in [0.15, 0.2) is 59.1 Å². The van der Waals surface area contributed by atoms with E-state index in [-0.39, 0.29) is 17.7 Å². The van der Waals surface area contributed by atoms with Crippen molar-refractivity contribution in [3.05, 3.63) is 77.3 Å². The molecule has 3 aromatic rings. The zero-order valence-electron chi connectivity index (χ0n) is 14.5. The normalized spacial score (nSPS) is 16.8. The lowest BCUT2D eigenvalue weighted by Crippen LogP contribution is -2.30. The maximum atomic E-state index is 13.9. The molecule has 0 saturated carbocycles. The first kappa shape index (κ1) is 16.5. The largest absolute Gasteiger partial charge is 0.350 e. The molecule has 0 radical (unpaired) electrons. The highest BCUT2D eigenvalue weighted by Gasteiger charge is 2.33. The Morgan fingerprint density at radius 1 is 1.19 bits per heavy atom. The SMILES string of the molecule is Cc1ccccc1C1CCCN1C(=O)c1cc(-c2ccccc2F)no1. The van der Waals surface area contributed by atoms with Crippen LogP contribution in [0.2, 0.25) is 0 Å². The van der Waals surface area contributed by atoms with Gasteiger partial charge in [-0.2, -0.15) is 0 Å². The molecule has 1 saturated heterocycles. The average Bonchev–Trinajstić information content (AvgIpc) is 3.32. The number of amides is 1. The molecule has 1 aliphatic rings. The number of hydrogen-bond donors (Lipinski definition) is 0. The third-order valence-electron chi connectivity index (χ3n) is 4.93. The summed E-state index contributed by atoms with van der Waals surface area (Å²) in [4.78, 5) is 14.8. The number of benzene rings is 2. The van der Waals surface area contributed by atoms with E-state index in [0.29, 0.717) is 17.8 Å². The van der Waals surface area contributed by atoms with Gasteiger partial charge in [0.05, 0.1) is 6.04 Å². The van der Waals surface area contributed by atoms with E-state index in [4.69, 9.17) is 4.52 Å². The lowest BCUT2D eigenvalue weighted by molar-refractivity contribution is 0.0693. The second kappa shape index (κ2) is 6.75. The first-order valence-electron chi connectivity index (χ1n) is 8.73. The Labute approximate surface area is 151 Å². The van der Waals surface area contributed by atoms with Crippen molar-refractivity contribution < 1.29 is 13.7 Å².